The summed E-state index contributed by atoms with van der Waals surface area (Å²) in [7, 11) is 0. The number of fused-ring (bicyclic) bond motifs is 2. The van der Waals surface area contributed by atoms with E-state index in [1.165, 1.54) is 12.1 Å². The monoisotopic (exact) mass is 472 g/mol. The van der Waals surface area contributed by atoms with Crippen LogP contribution in [0.5, 0.6) is 0 Å². The lowest BCUT2D eigenvalue weighted by atomic mass is 9.98. The van der Waals surface area contributed by atoms with Crippen molar-refractivity contribution in [2.24, 2.45) is 0 Å². The molecule has 0 spiro atoms. The molecule has 2 aliphatic heterocycles. The van der Waals surface area contributed by atoms with Crippen LogP contribution in [-0.4, -0.2) is 68.1 Å². The van der Waals surface area contributed by atoms with Crippen molar-refractivity contribution in [2.75, 3.05) is 19.6 Å². The van der Waals surface area contributed by atoms with E-state index in [9.17, 15) is 14.0 Å². The maximum Gasteiger partial charge on any atom is 0.246 e. The molecule has 0 radical (unpaired) electrons. The average Bonchev–Trinajstić information content (AvgIpc) is 3.50. The SMILES string of the molecule is O=C1N[C@@H](Cc2c[nH]c3ccccc23)C(=O)N2CCN(Cc3cnn(-c4ccc(F)cc4)c3)C[C@H]12. The maximum absolute atomic E-state index is 13.3. The van der Waals surface area contributed by atoms with Gasteiger partial charge in [0.1, 0.15) is 17.9 Å². The Balaban J connectivity index is 1.11. The Bertz CT molecular complexity index is 1390. The summed E-state index contributed by atoms with van der Waals surface area (Å²) in [5.74, 6) is -0.423. The first-order chi connectivity index (χ1) is 17.0. The molecule has 2 N–H and O–H groups in total. The van der Waals surface area contributed by atoms with Gasteiger partial charge >= 0.3 is 0 Å². The minimum atomic E-state index is -0.557. The topological polar surface area (TPSA) is 86.3 Å². The number of para-hydroxylation sites is 1. The van der Waals surface area contributed by atoms with Crippen molar-refractivity contribution in [2.45, 2.75) is 25.0 Å². The van der Waals surface area contributed by atoms with E-state index in [4.69, 9.17) is 0 Å². The van der Waals surface area contributed by atoms with Crippen LogP contribution >= 0.6 is 0 Å². The van der Waals surface area contributed by atoms with Gasteiger partial charge in [0.25, 0.3) is 0 Å². The van der Waals surface area contributed by atoms with Gasteiger partial charge in [-0.25, -0.2) is 9.07 Å². The molecule has 0 saturated carbocycles. The van der Waals surface area contributed by atoms with Gasteiger partial charge in [-0.3, -0.25) is 14.5 Å². The highest BCUT2D eigenvalue weighted by molar-refractivity contribution is 5.98. The van der Waals surface area contributed by atoms with Gasteiger partial charge in [-0.2, -0.15) is 5.10 Å². The number of piperazine rings is 2. The molecule has 178 valence electrons. The van der Waals surface area contributed by atoms with Gasteiger partial charge in [0.05, 0.1) is 11.9 Å². The van der Waals surface area contributed by atoms with Crippen LogP contribution in [0.25, 0.3) is 16.6 Å². The molecule has 0 unspecified atom stereocenters. The van der Waals surface area contributed by atoms with Gasteiger partial charge in [0, 0.05) is 61.5 Å². The van der Waals surface area contributed by atoms with E-state index in [2.05, 4.69) is 20.3 Å². The van der Waals surface area contributed by atoms with E-state index in [1.807, 2.05) is 36.7 Å². The molecule has 2 saturated heterocycles. The molecule has 8 nitrogen and oxygen atoms in total. The summed E-state index contributed by atoms with van der Waals surface area (Å²) in [5.41, 5.74) is 3.81. The summed E-state index contributed by atoms with van der Waals surface area (Å²) in [6.07, 6.45) is 6.06. The highest BCUT2D eigenvalue weighted by Gasteiger charge is 2.43. The Morgan fingerprint density at radius 2 is 1.89 bits per heavy atom. The number of aromatic amines is 1. The minimum absolute atomic E-state index is 0.0244. The number of amides is 2. The number of H-pyrrole nitrogens is 1. The van der Waals surface area contributed by atoms with Gasteiger partial charge in [-0.15, -0.1) is 0 Å². The zero-order valence-electron chi connectivity index (χ0n) is 19.0. The Hall–Kier alpha value is -3.98. The van der Waals surface area contributed by atoms with E-state index in [1.54, 1.807) is 27.9 Å². The number of hydrogen-bond acceptors (Lipinski definition) is 4. The highest BCUT2D eigenvalue weighted by Crippen LogP contribution is 2.23. The summed E-state index contributed by atoms with van der Waals surface area (Å²) in [5, 5.41) is 8.42. The second-order valence-corrected chi connectivity index (χ2v) is 9.18. The van der Waals surface area contributed by atoms with Gasteiger partial charge in [-0.1, -0.05) is 18.2 Å². The smallest absolute Gasteiger partial charge is 0.246 e. The number of benzene rings is 2. The quantitative estimate of drug-likeness (QED) is 0.467. The lowest BCUT2D eigenvalue weighted by Crippen LogP contribution is -2.69. The third kappa shape index (κ3) is 4.08. The standard InChI is InChI=1S/C26H25FN6O2/c27-19-5-7-20(8-6-19)33-15-17(12-29-33)14-31-9-10-32-24(16-31)25(34)30-23(26(32)35)11-18-13-28-22-4-2-1-3-21(18)22/h1-8,12-13,15,23-24,28H,9-11,14,16H2,(H,30,34)/t23-,24+/m0/s1. The average molecular weight is 473 g/mol. The third-order valence-electron chi connectivity index (χ3n) is 6.90. The van der Waals surface area contributed by atoms with E-state index in [-0.39, 0.29) is 17.6 Å². The first kappa shape index (κ1) is 21.5. The van der Waals surface area contributed by atoms with Crippen LogP contribution in [0.2, 0.25) is 0 Å². The Morgan fingerprint density at radius 3 is 2.74 bits per heavy atom. The second kappa shape index (κ2) is 8.66. The first-order valence-electron chi connectivity index (χ1n) is 11.7. The molecule has 2 aliphatic rings. The van der Waals surface area contributed by atoms with E-state index in [0.717, 1.165) is 27.7 Å². The van der Waals surface area contributed by atoms with Crippen molar-refractivity contribution < 1.29 is 14.0 Å². The number of rotatable bonds is 5. The third-order valence-corrected chi connectivity index (χ3v) is 6.90. The number of carbonyl (C=O) groups is 2. The Labute approximate surface area is 201 Å². The summed E-state index contributed by atoms with van der Waals surface area (Å²) < 4.78 is 14.9. The molecular formula is C26H25FN6O2. The Kier molecular flexibility index (Phi) is 5.33. The van der Waals surface area contributed by atoms with Crippen molar-refractivity contribution in [3.63, 3.8) is 0 Å². The van der Waals surface area contributed by atoms with Crippen molar-refractivity contribution >= 4 is 22.7 Å². The van der Waals surface area contributed by atoms with Crippen LogP contribution in [0.15, 0.2) is 67.1 Å². The van der Waals surface area contributed by atoms with Crippen LogP contribution in [0.4, 0.5) is 4.39 Å². The summed E-state index contributed by atoms with van der Waals surface area (Å²) in [4.78, 5) is 33.4. The maximum atomic E-state index is 13.3. The normalized spacial score (nSPS) is 20.8. The van der Waals surface area contributed by atoms with Gasteiger partial charge in [0.2, 0.25) is 11.8 Å². The van der Waals surface area contributed by atoms with Crippen molar-refractivity contribution in [3.8, 4) is 5.69 Å². The molecule has 2 amide bonds. The van der Waals surface area contributed by atoms with Crippen molar-refractivity contribution in [1.29, 1.82) is 0 Å². The van der Waals surface area contributed by atoms with E-state index < -0.39 is 12.1 Å². The van der Waals surface area contributed by atoms with E-state index >= 15 is 0 Å². The molecule has 35 heavy (non-hydrogen) atoms. The molecule has 9 heteroatoms. The molecule has 2 aromatic heterocycles. The lowest BCUT2D eigenvalue weighted by Gasteiger charge is -2.45. The molecule has 2 atom stereocenters. The zero-order valence-corrected chi connectivity index (χ0v) is 19.0. The Morgan fingerprint density at radius 1 is 1.06 bits per heavy atom. The fourth-order valence-electron chi connectivity index (χ4n) is 5.09. The van der Waals surface area contributed by atoms with Crippen LogP contribution in [0.3, 0.4) is 0 Å². The largest absolute Gasteiger partial charge is 0.361 e. The number of hydrogen-bond donors (Lipinski definition) is 2. The van der Waals surface area contributed by atoms with Crippen molar-refractivity contribution in [3.05, 3.63) is 84.1 Å². The molecule has 4 heterocycles. The molecule has 6 rings (SSSR count). The fraction of sp³-hybridized carbons (Fsp3) is 0.269. The molecule has 4 aromatic rings. The van der Waals surface area contributed by atoms with Crippen LogP contribution in [0.1, 0.15) is 11.1 Å². The molecule has 2 aromatic carbocycles. The second-order valence-electron chi connectivity index (χ2n) is 9.18. The van der Waals surface area contributed by atoms with E-state index in [0.29, 0.717) is 32.6 Å². The summed E-state index contributed by atoms with van der Waals surface area (Å²) in [6, 6.07) is 13.1. The molecular weight excluding hydrogens is 447 g/mol. The lowest BCUT2D eigenvalue weighted by molar-refractivity contribution is -0.153. The number of halogens is 1. The number of nitrogens with zero attached hydrogens (tertiary/aromatic N) is 4. The highest BCUT2D eigenvalue weighted by atomic mass is 19.1. The number of nitrogens with one attached hydrogen (secondary N) is 2. The summed E-state index contributed by atoms with van der Waals surface area (Å²) >= 11 is 0. The van der Waals surface area contributed by atoms with Crippen LogP contribution < -0.4 is 5.32 Å². The number of carbonyl (C=O) groups excluding carboxylic acids is 2. The van der Waals surface area contributed by atoms with Gasteiger partial charge in [0.15, 0.2) is 0 Å². The predicted molar refractivity (Wildman–Crippen MR) is 128 cm³/mol. The fourth-order valence-corrected chi connectivity index (χ4v) is 5.09. The summed E-state index contributed by atoms with van der Waals surface area (Å²) in [6.45, 7) is 2.27. The molecule has 0 aliphatic carbocycles. The van der Waals surface area contributed by atoms with Crippen LogP contribution in [-0.2, 0) is 22.6 Å². The van der Waals surface area contributed by atoms with Crippen LogP contribution in [0, 0.1) is 5.82 Å². The molecule has 0 bridgehead atoms. The predicted octanol–water partition coefficient (Wildman–Crippen LogP) is 2.25. The molecule has 2 fully saturated rings. The van der Waals surface area contributed by atoms with Gasteiger partial charge in [-0.05, 0) is 35.9 Å². The minimum Gasteiger partial charge on any atom is -0.361 e. The zero-order chi connectivity index (χ0) is 23.9. The van der Waals surface area contributed by atoms with Crippen molar-refractivity contribution in [1.82, 2.24) is 29.9 Å². The van der Waals surface area contributed by atoms with Gasteiger partial charge < -0.3 is 15.2 Å². The first-order valence-corrected chi connectivity index (χ1v) is 11.7. The number of aromatic nitrogens is 3.